The molecule has 2 atom stereocenters. The first-order chi connectivity index (χ1) is 9.50. The molecule has 0 saturated carbocycles. The second-order valence-electron chi connectivity index (χ2n) is 6.62. The number of nitrogens with zero attached hydrogens (tertiary/aromatic N) is 2. The van der Waals surface area contributed by atoms with E-state index in [1.807, 2.05) is 11.8 Å². The van der Waals surface area contributed by atoms with Crippen molar-refractivity contribution >= 4 is 11.8 Å². The molecule has 0 bridgehead atoms. The SMILES string of the molecule is CCCNC(Cc1nc(C2CCCS2)no1)C(C)(C)C. The Kier molecular flexibility index (Phi) is 5.49. The fraction of sp³-hybridized carbons (Fsp3) is 0.867. The highest BCUT2D eigenvalue weighted by Crippen LogP contribution is 2.38. The molecule has 0 amide bonds. The van der Waals surface area contributed by atoms with Crippen molar-refractivity contribution in [2.45, 2.75) is 64.7 Å². The van der Waals surface area contributed by atoms with E-state index in [1.54, 1.807) is 0 Å². The monoisotopic (exact) mass is 297 g/mol. The molecule has 1 aromatic rings. The maximum Gasteiger partial charge on any atom is 0.228 e. The highest BCUT2D eigenvalue weighted by atomic mass is 32.2. The summed E-state index contributed by atoms with van der Waals surface area (Å²) >= 11 is 1.95. The maximum absolute atomic E-state index is 5.47. The van der Waals surface area contributed by atoms with E-state index < -0.39 is 0 Å². The van der Waals surface area contributed by atoms with Crippen LogP contribution in [0.1, 0.15) is 63.9 Å². The summed E-state index contributed by atoms with van der Waals surface area (Å²) < 4.78 is 5.47. The summed E-state index contributed by atoms with van der Waals surface area (Å²) in [5, 5.41) is 8.23. The highest BCUT2D eigenvalue weighted by molar-refractivity contribution is 7.99. The van der Waals surface area contributed by atoms with Gasteiger partial charge in [0.1, 0.15) is 0 Å². The predicted molar refractivity (Wildman–Crippen MR) is 84.0 cm³/mol. The van der Waals surface area contributed by atoms with Crippen LogP contribution < -0.4 is 5.32 Å². The van der Waals surface area contributed by atoms with Gasteiger partial charge >= 0.3 is 0 Å². The molecule has 1 aliphatic heterocycles. The molecular formula is C15H27N3OS. The van der Waals surface area contributed by atoms with Crippen molar-refractivity contribution in [1.29, 1.82) is 0 Å². The van der Waals surface area contributed by atoms with Crippen LogP contribution in [-0.2, 0) is 6.42 Å². The number of hydrogen-bond acceptors (Lipinski definition) is 5. The number of hydrogen-bond donors (Lipinski definition) is 1. The molecule has 1 fully saturated rings. The van der Waals surface area contributed by atoms with Crippen LogP contribution in [0.4, 0.5) is 0 Å². The molecule has 1 saturated heterocycles. The van der Waals surface area contributed by atoms with Crippen LogP contribution in [0.5, 0.6) is 0 Å². The van der Waals surface area contributed by atoms with E-state index in [1.165, 1.54) is 18.6 Å². The largest absolute Gasteiger partial charge is 0.339 e. The molecule has 2 rings (SSSR count). The Morgan fingerprint density at radius 1 is 1.45 bits per heavy atom. The molecule has 1 aromatic heterocycles. The lowest BCUT2D eigenvalue weighted by atomic mass is 9.84. The fourth-order valence-corrected chi connectivity index (χ4v) is 3.64. The maximum atomic E-state index is 5.47. The summed E-state index contributed by atoms with van der Waals surface area (Å²) in [6.45, 7) is 9.98. The standard InChI is InChI=1S/C15H27N3OS/c1-5-8-16-12(15(2,3)4)10-13-17-14(18-19-13)11-7-6-9-20-11/h11-12,16H,5-10H2,1-4H3. The molecule has 0 aliphatic carbocycles. The molecule has 2 unspecified atom stereocenters. The van der Waals surface area contributed by atoms with Gasteiger partial charge in [-0.2, -0.15) is 16.7 Å². The third-order valence-electron chi connectivity index (χ3n) is 3.77. The van der Waals surface area contributed by atoms with Gasteiger partial charge in [0.05, 0.1) is 5.25 Å². The minimum atomic E-state index is 0.186. The zero-order valence-electron chi connectivity index (χ0n) is 13.1. The number of rotatable bonds is 6. The van der Waals surface area contributed by atoms with Gasteiger partial charge in [-0.05, 0) is 37.0 Å². The van der Waals surface area contributed by atoms with Gasteiger partial charge in [0, 0.05) is 12.5 Å². The third kappa shape index (κ3) is 4.22. The second kappa shape index (κ2) is 6.94. The van der Waals surface area contributed by atoms with E-state index in [0.29, 0.717) is 11.3 Å². The van der Waals surface area contributed by atoms with E-state index in [9.17, 15) is 0 Å². The molecular weight excluding hydrogens is 270 g/mol. The van der Waals surface area contributed by atoms with Crippen LogP contribution in [0.15, 0.2) is 4.52 Å². The zero-order valence-corrected chi connectivity index (χ0v) is 13.9. The number of aromatic nitrogens is 2. The average Bonchev–Trinajstić information content (AvgIpc) is 3.03. The van der Waals surface area contributed by atoms with Crippen LogP contribution in [-0.4, -0.2) is 28.5 Å². The van der Waals surface area contributed by atoms with Crippen molar-refractivity contribution in [2.24, 2.45) is 5.41 Å². The molecule has 0 spiro atoms. The Labute approximate surface area is 126 Å². The topological polar surface area (TPSA) is 51.0 Å². The first-order valence-electron chi connectivity index (χ1n) is 7.68. The molecule has 20 heavy (non-hydrogen) atoms. The Bertz CT molecular complexity index is 407. The molecule has 2 heterocycles. The van der Waals surface area contributed by atoms with Gasteiger partial charge < -0.3 is 9.84 Å². The van der Waals surface area contributed by atoms with E-state index in [2.05, 4.69) is 43.2 Å². The summed E-state index contributed by atoms with van der Waals surface area (Å²) in [7, 11) is 0. The molecule has 0 radical (unpaired) electrons. The third-order valence-corrected chi connectivity index (χ3v) is 5.14. The second-order valence-corrected chi connectivity index (χ2v) is 7.94. The molecule has 4 nitrogen and oxygen atoms in total. The van der Waals surface area contributed by atoms with Gasteiger partial charge in [-0.3, -0.25) is 0 Å². The van der Waals surface area contributed by atoms with Crippen molar-refractivity contribution in [2.75, 3.05) is 12.3 Å². The van der Waals surface area contributed by atoms with Gasteiger partial charge in [0.15, 0.2) is 5.82 Å². The van der Waals surface area contributed by atoms with Crippen molar-refractivity contribution in [1.82, 2.24) is 15.5 Å². The summed E-state index contributed by atoms with van der Waals surface area (Å²) in [6.07, 6.45) is 4.40. The van der Waals surface area contributed by atoms with E-state index >= 15 is 0 Å². The minimum absolute atomic E-state index is 0.186. The summed E-state index contributed by atoms with van der Waals surface area (Å²) in [6, 6.07) is 0.368. The van der Waals surface area contributed by atoms with Crippen LogP contribution >= 0.6 is 11.8 Å². The quantitative estimate of drug-likeness (QED) is 0.869. The van der Waals surface area contributed by atoms with Gasteiger partial charge in [-0.25, -0.2) is 0 Å². The average molecular weight is 297 g/mol. The Hall–Kier alpha value is -0.550. The van der Waals surface area contributed by atoms with Crippen LogP contribution in [0.2, 0.25) is 0 Å². The zero-order chi connectivity index (χ0) is 14.6. The lowest BCUT2D eigenvalue weighted by molar-refractivity contribution is 0.244. The fourth-order valence-electron chi connectivity index (χ4n) is 2.44. The lowest BCUT2D eigenvalue weighted by Gasteiger charge is -2.30. The van der Waals surface area contributed by atoms with Crippen molar-refractivity contribution < 1.29 is 4.52 Å². The van der Waals surface area contributed by atoms with E-state index in [-0.39, 0.29) is 5.41 Å². The Morgan fingerprint density at radius 3 is 2.85 bits per heavy atom. The smallest absolute Gasteiger partial charge is 0.228 e. The Balaban J connectivity index is 1.99. The number of nitrogens with one attached hydrogen (secondary N) is 1. The molecule has 114 valence electrons. The Morgan fingerprint density at radius 2 is 2.25 bits per heavy atom. The minimum Gasteiger partial charge on any atom is -0.339 e. The van der Waals surface area contributed by atoms with Gasteiger partial charge in [-0.15, -0.1) is 0 Å². The normalized spacial score (nSPS) is 21.3. The van der Waals surface area contributed by atoms with E-state index in [0.717, 1.165) is 31.1 Å². The van der Waals surface area contributed by atoms with Crippen molar-refractivity contribution in [3.63, 3.8) is 0 Å². The summed E-state index contributed by atoms with van der Waals surface area (Å²) in [4.78, 5) is 4.62. The van der Waals surface area contributed by atoms with Gasteiger partial charge in [0.25, 0.3) is 0 Å². The molecule has 5 heteroatoms. The van der Waals surface area contributed by atoms with Crippen molar-refractivity contribution in [3.8, 4) is 0 Å². The molecule has 1 N–H and O–H groups in total. The van der Waals surface area contributed by atoms with Crippen LogP contribution in [0.25, 0.3) is 0 Å². The first kappa shape index (κ1) is 15.8. The van der Waals surface area contributed by atoms with Gasteiger partial charge in [-0.1, -0.05) is 32.9 Å². The molecule has 0 aromatic carbocycles. The molecule has 1 aliphatic rings. The van der Waals surface area contributed by atoms with E-state index in [4.69, 9.17) is 4.52 Å². The highest BCUT2D eigenvalue weighted by Gasteiger charge is 2.28. The van der Waals surface area contributed by atoms with Gasteiger partial charge in [0.2, 0.25) is 5.89 Å². The number of thioether (sulfide) groups is 1. The summed E-state index contributed by atoms with van der Waals surface area (Å²) in [5.41, 5.74) is 0.186. The predicted octanol–water partition coefficient (Wildman–Crippen LogP) is 3.59. The first-order valence-corrected chi connectivity index (χ1v) is 8.73. The van der Waals surface area contributed by atoms with Crippen LogP contribution in [0.3, 0.4) is 0 Å². The van der Waals surface area contributed by atoms with Crippen molar-refractivity contribution in [3.05, 3.63) is 11.7 Å². The lowest BCUT2D eigenvalue weighted by Crippen LogP contribution is -2.42. The summed E-state index contributed by atoms with van der Waals surface area (Å²) in [5.74, 6) is 2.89. The van der Waals surface area contributed by atoms with Crippen LogP contribution in [0, 0.1) is 5.41 Å².